The van der Waals surface area contributed by atoms with Crippen LogP contribution in [0.2, 0.25) is 0 Å². The number of rotatable bonds is 18. The first-order chi connectivity index (χ1) is 18.8. The molecule has 0 bridgehead atoms. The predicted octanol–water partition coefficient (Wildman–Crippen LogP) is 9.11. The van der Waals surface area contributed by atoms with Crippen LogP contribution >= 0.6 is 129 Å². The van der Waals surface area contributed by atoms with Gasteiger partial charge in [-0.2, -0.15) is 0 Å². The summed E-state index contributed by atoms with van der Waals surface area (Å²) in [6.45, 7) is 18.6. The molecule has 0 rings (SSSR count). The van der Waals surface area contributed by atoms with Crippen LogP contribution in [0.25, 0.3) is 0 Å². The Bertz CT molecular complexity index is 568. The molecule has 12 nitrogen and oxygen atoms in total. The Balaban J connectivity index is -0.000000227. The summed E-state index contributed by atoms with van der Waals surface area (Å²) < 4.78 is 70.2. The minimum absolute atomic E-state index is 0.0515. The molecule has 0 aliphatic rings. The molecule has 0 aromatic rings. The van der Waals surface area contributed by atoms with E-state index in [2.05, 4.69) is 62.3 Å². The Morgan fingerprint density at radius 1 is 0.400 bits per heavy atom. The minimum atomic E-state index is -2.17. The molecular weight excluding hydrogens is 1210 g/mol. The zero-order chi connectivity index (χ0) is 32.4. The maximum atomic E-state index is 10.8. The fraction of sp³-hybridized carbons (Fsp3) is 1.00. The van der Waals surface area contributed by atoms with E-state index >= 15 is 0 Å². The van der Waals surface area contributed by atoms with Crippen molar-refractivity contribution >= 4 is 136 Å². The van der Waals surface area contributed by atoms with Crippen LogP contribution in [0.15, 0.2) is 0 Å². The van der Waals surface area contributed by atoms with Gasteiger partial charge in [-0.15, -0.1) is 3.98 Å². The lowest BCUT2D eigenvalue weighted by Crippen LogP contribution is -2.36. The zero-order valence-electron chi connectivity index (χ0n) is 24.8. The Morgan fingerprint density at radius 2 is 0.500 bits per heavy atom. The molecule has 40 heavy (non-hydrogen) atoms. The van der Waals surface area contributed by atoms with Crippen molar-refractivity contribution in [2.75, 3.05) is 0 Å². The Morgan fingerprint density at radius 3 is 0.525 bits per heavy atom. The summed E-state index contributed by atoms with van der Waals surface area (Å²) in [6.07, 6.45) is 8.41. The van der Waals surface area contributed by atoms with Gasteiger partial charge in [0.1, 0.15) is 0 Å². The second-order valence-electron chi connectivity index (χ2n) is 8.31. The van der Waals surface area contributed by atoms with E-state index in [1.807, 2.05) is 0 Å². The zero-order valence-corrected chi connectivity index (χ0v) is 37.8. The van der Waals surface area contributed by atoms with Gasteiger partial charge in [-0.05, 0) is 57.8 Å². The molecule has 0 amide bonds. The average Bonchev–Trinajstić information content (AvgIpc) is 2.98. The summed E-state index contributed by atoms with van der Waals surface area (Å²) in [7, 11) is -2.17. The van der Waals surface area contributed by atoms with Crippen molar-refractivity contribution in [3.63, 3.8) is 0 Å². The highest BCUT2D eigenvalue weighted by atomic mass is 127. The van der Waals surface area contributed by atoms with Crippen molar-refractivity contribution in [1.82, 2.24) is 3.98 Å². The van der Waals surface area contributed by atoms with E-state index < -0.39 is 136 Å². The topological polar surface area (TPSA) is 173 Å². The second kappa shape index (κ2) is 30.6. The van der Waals surface area contributed by atoms with E-state index in [1.54, 1.807) is 3.98 Å². The third-order valence-corrected chi connectivity index (χ3v) is 21.6. The first-order valence-electron chi connectivity index (χ1n) is 12.9. The smallest absolute Gasteiger partial charge is 0.402 e. The Labute approximate surface area is 305 Å². The molecule has 0 aromatic heterocycles. The minimum Gasteiger partial charge on any atom is -0.402 e. The highest BCUT2D eigenvalue weighted by molar-refractivity contribution is 14.2. The molecule has 0 heterocycles. The first-order valence-corrected chi connectivity index (χ1v) is 24.0. The van der Waals surface area contributed by atoms with Crippen molar-refractivity contribution in [2.24, 2.45) is 0 Å². The molecule has 0 saturated heterocycles. The van der Waals surface area contributed by atoms with Gasteiger partial charge in [0.15, 0.2) is 0 Å². The fourth-order valence-electron chi connectivity index (χ4n) is 3.80. The summed E-state index contributed by atoms with van der Waals surface area (Å²) in [6, 6.07) is 0. The Kier molecular flexibility index (Phi) is 38.2. The van der Waals surface area contributed by atoms with Crippen molar-refractivity contribution in [2.45, 2.75) is 137 Å². The van der Waals surface area contributed by atoms with Crippen LogP contribution in [0.5, 0.6) is 0 Å². The molecule has 3 N–H and O–H groups in total. The number of nitrogens with zero attached hydrogens (tertiary/aromatic N) is 3. The average molecular weight is 1260 g/mol. The normalized spacial score (nSPS) is 11.8. The Hall–Kier alpha value is 3.00. The molecule has 19 heteroatoms. The highest BCUT2D eigenvalue weighted by Crippen LogP contribution is 2.39. The van der Waals surface area contributed by atoms with Crippen LogP contribution in [0, 0.1) is 0 Å². The van der Waals surface area contributed by atoms with Gasteiger partial charge in [0.25, 0.3) is 129 Å². The highest BCUT2D eigenvalue weighted by Gasteiger charge is 2.34. The monoisotopic (exact) mass is 1260 g/mol. The van der Waals surface area contributed by atoms with Crippen LogP contribution < -0.4 is 0 Å². The van der Waals surface area contributed by atoms with Gasteiger partial charge in [0.05, 0.1) is 0 Å². The molecule has 0 atom stereocenters. The van der Waals surface area contributed by atoms with Crippen molar-refractivity contribution < 1.29 is 33.5 Å². The van der Waals surface area contributed by atoms with E-state index in [1.165, 1.54) is 0 Å². The molecule has 0 aromatic carbocycles. The maximum absolute atomic E-state index is 10.8. The van der Waals surface area contributed by atoms with E-state index in [0.29, 0.717) is 0 Å². The lowest BCUT2D eigenvalue weighted by atomic mass is 9.92. The van der Waals surface area contributed by atoms with Gasteiger partial charge in [-0.25, -0.2) is 0 Å². The third-order valence-electron chi connectivity index (χ3n) is 7.36. The number of hydrogen-bond acceptors (Lipinski definition) is 9. The van der Waals surface area contributed by atoms with Gasteiger partial charge in [-0.3, -0.25) is 18.4 Å². The molecule has 0 unspecified atom stereocenters. The lowest BCUT2D eigenvalue weighted by molar-refractivity contribution is 0.278. The standard InChI is InChI=1S/3C7H15I2NO2.BH3O3/c3*1-4-7(5-2,6-3)10(8-11)9-12;2-1(3)4/h3*4-6H2,1-3H3;2-4H. The van der Waals surface area contributed by atoms with Crippen LogP contribution in [-0.2, 0) is 18.4 Å². The van der Waals surface area contributed by atoms with E-state index in [4.69, 9.17) is 15.1 Å². The maximum Gasteiger partial charge on any atom is 0.631 e. The molecule has 0 spiro atoms. The van der Waals surface area contributed by atoms with Gasteiger partial charge in [0.2, 0.25) is 0 Å². The summed E-state index contributed by atoms with van der Waals surface area (Å²) in [5.74, 6) is 0. The number of hydrogen-bond donors (Lipinski definition) is 3. The van der Waals surface area contributed by atoms with Crippen molar-refractivity contribution in [1.29, 1.82) is 0 Å². The largest absolute Gasteiger partial charge is 0.631 e. The van der Waals surface area contributed by atoms with Crippen LogP contribution in [0.4, 0.5) is 0 Å². The van der Waals surface area contributed by atoms with Crippen LogP contribution in [-0.4, -0.2) is 43.0 Å². The summed E-state index contributed by atoms with van der Waals surface area (Å²) >= 11 is -7.49. The second-order valence-corrected chi connectivity index (χ2v) is 22.0. The lowest BCUT2D eigenvalue weighted by Gasteiger charge is -2.32. The molecule has 246 valence electrons. The van der Waals surface area contributed by atoms with Gasteiger partial charge < -0.3 is 15.1 Å². The molecule has 0 aliphatic heterocycles. The van der Waals surface area contributed by atoms with Crippen molar-refractivity contribution in [3.05, 3.63) is 0 Å². The summed E-state index contributed by atoms with van der Waals surface area (Å²) in [5, 5.41) is 21.5. The molecule has 0 aliphatic carbocycles. The first kappa shape index (κ1) is 49.9. The quantitative estimate of drug-likeness (QED) is 0.0677. The SMILES string of the molecule is CCC(CC)(CC)N(I=O)I=O.CCC(CC)(CC)N(I=O)I=O.CCC(CC)(CC)N(I=O)I=O.OB(O)O. The van der Waals surface area contributed by atoms with E-state index in [0.717, 1.165) is 57.8 Å². The van der Waals surface area contributed by atoms with Gasteiger partial charge >= 0.3 is 7.32 Å². The molecule has 0 radical (unpaired) electrons. The van der Waals surface area contributed by atoms with E-state index in [9.17, 15) is 18.4 Å². The fourth-order valence-corrected chi connectivity index (χ4v) is 13.8. The summed E-state index contributed by atoms with van der Waals surface area (Å²) in [4.78, 5) is 0. The van der Waals surface area contributed by atoms with E-state index in [-0.39, 0.29) is 16.6 Å². The summed E-state index contributed by atoms with van der Waals surface area (Å²) in [5.41, 5.74) is -0.155. The molecular formula is C21H48BI6N3O9. The number of halogens is 6. The van der Waals surface area contributed by atoms with Gasteiger partial charge in [-0.1, -0.05) is 62.3 Å². The van der Waals surface area contributed by atoms with Crippen molar-refractivity contribution in [3.8, 4) is 0 Å². The van der Waals surface area contributed by atoms with Crippen LogP contribution in [0.3, 0.4) is 0 Å². The third kappa shape index (κ3) is 18.2. The van der Waals surface area contributed by atoms with Crippen LogP contribution in [0.1, 0.15) is 120 Å². The molecule has 0 fully saturated rings. The molecule has 0 saturated carbocycles. The van der Waals surface area contributed by atoms with Gasteiger partial charge in [0, 0.05) is 16.6 Å². The predicted molar refractivity (Wildman–Crippen MR) is 207 cm³/mol.